The number of halogens is 1. The number of alkyl halides is 1. The van der Waals surface area contributed by atoms with Crippen molar-refractivity contribution in [3.63, 3.8) is 0 Å². The zero-order chi connectivity index (χ0) is 12.8. The maximum absolute atomic E-state index is 3.54. The molecular formula is C15H29BrN2. The molecule has 0 amide bonds. The van der Waals surface area contributed by atoms with Crippen LogP contribution < -0.4 is 0 Å². The molecule has 2 rings (SSSR count). The second-order valence-electron chi connectivity index (χ2n) is 6.19. The lowest BCUT2D eigenvalue weighted by atomic mass is 10.0. The van der Waals surface area contributed by atoms with Crippen molar-refractivity contribution in [1.82, 2.24) is 9.80 Å². The zero-order valence-electron chi connectivity index (χ0n) is 11.9. The van der Waals surface area contributed by atoms with E-state index in [2.05, 4.69) is 32.7 Å². The van der Waals surface area contributed by atoms with E-state index in [4.69, 9.17) is 0 Å². The largest absolute Gasteiger partial charge is 0.301 e. The van der Waals surface area contributed by atoms with Crippen LogP contribution in [0.5, 0.6) is 0 Å². The van der Waals surface area contributed by atoms with Crippen LogP contribution in [0.3, 0.4) is 0 Å². The molecule has 2 nitrogen and oxygen atoms in total. The molecule has 2 fully saturated rings. The summed E-state index contributed by atoms with van der Waals surface area (Å²) in [4.78, 5) is 5.43. The fourth-order valence-electron chi connectivity index (χ4n) is 3.36. The lowest BCUT2D eigenvalue weighted by Gasteiger charge is -2.38. The van der Waals surface area contributed by atoms with Crippen LogP contribution in [0.2, 0.25) is 0 Å². The van der Waals surface area contributed by atoms with Gasteiger partial charge in [0.15, 0.2) is 0 Å². The molecule has 2 aliphatic rings. The first-order valence-electron chi connectivity index (χ1n) is 7.82. The molecule has 0 N–H and O–H groups in total. The highest BCUT2D eigenvalue weighted by Crippen LogP contribution is 2.24. The molecule has 106 valence electrons. The summed E-state index contributed by atoms with van der Waals surface area (Å²) in [5.41, 5.74) is 0. The second-order valence-corrected chi connectivity index (χ2v) is 6.98. The highest BCUT2D eigenvalue weighted by molar-refractivity contribution is 9.09. The molecule has 1 aliphatic heterocycles. The topological polar surface area (TPSA) is 6.48 Å². The first-order chi connectivity index (χ1) is 8.79. The van der Waals surface area contributed by atoms with E-state index in [0.717, 1.165) is 17.3 Å². The summed E-state index contributed by atoms with van der Waals surface area (Å²) >= 11 is 3.54. The average Bonchev–Trinajstić information content (AvgIpc) is 2.91. The zero-order valence-corrected chi connectivity index (χ0v) is 13.5. The molecule has 1 saturated carbocycles. The Morgan fingerprint density at radius 1 is 1.06 bits per heavy atom. The van der Waals surface area contributed by atoms with E-state index in [0.29, 0.717) is 0 Å². The standard InChI is InChI=1S/C15H29BrN2/c1-14(6-8-16)7-9-17-10-12-18(13-11-17)15-4-2-3-5-15/h14-15H,2-13H2,1H3. The molecule has 3 heteroatoms. The Labute approximate surface area is 121 Å². The van der Waals surface area contributed by atoms with Crippen molar-refractivity contribution in [2.24, 2.45) is 5.92 Å². The Balaban J connectivity index is 1.61. The molecule has 1 heterocycles. The normalized spacial score (nSPS) is 25.7. The van der Waals surface area contributed by atoms with Crippen molar-refractivity contribution < 1.29 is 0 Å². The van der Waals surface area contributed by atoms with Gasteiger partial charge in [0, 0.05) is 37.6 Å². The molecule has 0 aromatic heterocycles. The van der Waals surface area contributed by atoms with Gasteiger partial charge in [-0.05, 0) is 38.1 Å². The Kier molecular flexibility index (Phi) is 6.46. The van der Waals surface area contributed by atoms with Crippen molar-refractivity contribution in [3.05, 3.63) is 0 Å². The quantitative estimate of drug-likeness (QED) is 0.693. The summed E-state index contributed by atoms with van der Waals surface area (Å²) < 4.78 is 0. The van der Waals surface area contributed by atoms with E-state index >= 15 is 0 Å². The van der Waals surface area contributed by atoms with Crippen LogP contribution in [0.15, 0.2) is 0 Å². The van der Waals surface area contributed by atoms with Gasteiger partial charge in [-0.1, -0.05) is 35.7 Å². The lowest BCUT2D eigenvalue weighted by Crippen LogP contribution is -2.49. The fourth-order valence-corrected chi connectivity index (χ4v) is 4.14. The molecule has 0 aromatic carbocycles. The van der Waals surface area contributed by atoms with Crippen molar-refractivity contribution in [2.75, 3.05) is 38.1 Å². The van der Waals surface area contributed by atoms with Gasteiger partial charge in [-0.2, -0.15) is 0 Å². The van der Waals surface area contributed by atoms with Crippen molar-refractivity contribution >= 4 is 15.9 Å². The summed E-state index contributed by atoms with van der Waals surface area (Å²) in [5.74, 6) is 0.872. The highest BCUT2D eigenvalue weighted by atomic mass is 79.9. The van der Waals surface area contributed by atoms with Gasteiger partial charge in [-0.25, -0.2) is 0 Å². The molecule has 18 heavy (non-hydrogen) atoms. The van der Waals surface area contributed by atoms with Crippen LogP contribution in [0.1, 0.15) is 45.4 Å². The summed E-state index contributed by atoms with van der Waals surface area (Å²) in [6.45, 7) is 8.94. The van der Waals surface area contributed by atoms with Gasteiger partial charge in [0.1, 0.15) is 0 Å². The van der Waals surface area contributed by atoms with Gasteiger partial charge < -0.3 is 4.90 Å². The monoisotopic (exact) mass is 316 g/mol. The molecule has 1 unspecified atom stereocenters. The van der Waals surface area contributed by atoms with Gasteiger partial charge in [0.05, 0.1) is 0 Å². The predicted molar refractivity (Wildman–Crippen MR) is 82.5 cm³/mol. The summed E-state index contributed by atoms with van der Waals surface area (Å²) in [6, 6.07) is 0.930. The maximum atomic E-state index is 3.54. The smallest absolute Gasteiger partial charge is 0.0113 e. The Hall–Kier alpha value is 0.400. The van der Waals surface area contributed by atoms with Crippen molar-refractivity contribution in [3.8, 4) is 0 Å². The predicted octanol–water partition coefficient (Wildman–Crippen LogP) is 3.36. The minimum Gasteiger partial charge on any atom is -0.301 e. The number of hydrogen-bond acceptors (Lipinski definition) is 2. The van der Waals surface area contributed by atoms with Gasteiger partial charge in [-0.3, -0.25) is 4.90 Å². The van der Waals surface area contributed by atoms with Crippen LogP contribution in [0, 0.1) is 5.92 Å². The molecule has 1 atom stereocenters. The summed E-state index contributed by atoms with van der Waals surface area (Å²) in [5, 5.41) is 1.16. The van der Waals surface area contributed by atoms with Gasteiger partial charge in [-0.15, -0.1) is 0 Å². The van der Waals surface area contributed by atoms with Crippen LogP contribution in [0.25, 0.3) is 0 Å². The average molecular weight is 317 g/mol. The van der Waals surface area contributed by atoms with Crippen LogP contribution in [-0.2, 0) is 0 Å². The van der Waals surface area contributed by atoms with E-state index in [1.54, 1.807) is 0 Å². The molecule has 0 bridgehead atoms. The third kappa shape index (κ3) is 4.50. The molecule has 0 radical (unpaired) electrons. The van der Waals surface area contributed by atoms with E-state index in [-0.39, 0.29) is 0 Å². The SMILES string of the molecule is CC(CCBr)CCN1CCN(C2CCCC2)CC1. The molecule has 0 spiro atoms. The van der Waals surface area contributed by atoms with Crippen LogP contribution in [0.4, 0.5) is 0 Å². The Morgan fingerprint density at radius 3 is 2.33 bits per heavy atom. The molecule has 1 saturated heterocycles. The Morgan fingerprint density at radius 2 is 1.72 bits per heavy atom. The number of hydrogen-bond donors (Lipinski definition) is 0. The van der Waals surface area contributed by atoms with Gasteiger partial charge in [0.25, 0.3) is 0 Å². The van der Waals surface area contributed by atoms with Gasteiger partial charge >= 0.3 is 0 Å². The van der Waals surface area contributed by atoms with Crippen LogP contribution >= 0.6 is 15.9 Å². The Bertz CT molecular complexity index is 221. The summed E-state index contributed by atoms with van der Waals surface area (Å²) in [7, 11) is 0. The second kappa shape index (κ2) is 7.86. The third-order valence-electron chi connectivity index (χ3n) is 4.79. The van der Waals surface area contributed by atoms with E-state index < -0.39 is 0 Å². The van der Waals surface area contributed by atoms with Crippen molar-refractivity contribution in [1.29, 1.82) is 0 Å². The third-order valence-corrected chi connectivity index (χ3v) is 5.25. The molecule has 0 aromatic rings. The summed E-state index contributed by atoms with van der Waals surface area (Å²) in [6.07, 6.45) is 8.55. The number of nitrogens with zero attached hydrogens (tertiary/aromatic N) is 2. The van der Waals surface area contributed by atoms with E-state index in [9.17, 15) is 0 Å². The minimum atomic E-state index is 0.872. The number of piperazine rings is 1. The lowest BCUT2D eigenvalue weighted by molar-refractivity contribution is 0.0944. The fraction of sp³-hybridized carbons (Fsp3) is 1.00. The maximum Gasteiger partial charge on any atom is 0.0113 e. The van der Waals surface area contributed by atoms with Crippen LogP contribution in [-0.4, -0.2) is 53.9 Å². The van der Waals surface area contributed by atoms with E-state index in [1.807, 2.05) is 0 Å². The van der Waals surface area contributed by atoms with Crippen molar-refractivity contribution in [2.45, 2.75) is 51.5 Å². The molecule has 1 aliphatic carbocycles. The van der Waals surface area contributed by atoms with Gasteiger partial charge in [0.2, 0.25) is 0 Å². The number of rotatable bonds is 6. The first kappa shape index (κ1) is 14.8. The minimum absolute atomic E-state index is 0.872. The van der Waals surface area contributed by atoms with E-state index in [1.165, 1.54) is 71.2 Å². The first-order valence-corrected chi connectivity index (χ1v) is 8.94. The highest BCUT2D eigenvalue weighted by Gasteiger charge is 2.25. The molecular weight excluding hydrogens is 288 g/mol.